The van der Waals surface area contributed by atoms with Crippen LogP contribution in [0.2, 0.25) is 0 Å². The molecule has 0 radical (unpaired) electrons. The first-order valence-electron chi connectivity index (χ1n) is 10.7. The number of halogens is 3. The van der Waals surface area contributed by atoms with E-state index >= 15 is 0 Å². The molecule has 2 aromatic carbocycles. The summed E-state index contributed by atoms with van der Waals surface area (Å²) in [5.74, 6) is -3.06. The average molecular weight is 429 g/mol. The molecule has 2 heterocycles. The molecule has 1 aliphatic rings. The first-order valence-corrected chi connectivity index (χ1v) is 10.7. The Bertz CT molecular complexity index is 1190. The van der Waals surface area contributed by atoms with Crippen molar-refractivity contribution in [2.75, 3.05) is 13.1 Å². The van der Waals surface area contributed by atoms with Crippen molar-refractivity contribution in [1.82, 2.24) is 14.5 Å². The van der Waals surface area contributed by atoms with Gasteiger partial charge in [0.2, 0.25) is 0 Å². The minimum Gasteiger partial charge on any atom is -0.301 e. The maximum absolute atomic E-state index is 14.3. The molecule has 4 rings (SSSR count). The summed E-state index contributed by atoms with van der Waals surface area (Å²) in [6.07, 6.45) is 2.14. The SMILES string of the molecule is Cc1nc2ccc(-c3ccc(F)c(F)c3F)cc2c(=O)n1C[C@H]1CCCN(C(C)C)C1. The molecule has 0 aliphatic carbocycles. The van der Waals surface area contributed by atoms with Gasteiger partial charge in [-0.05, 0) is 75.9 Å². The number of fused-ring (bicyclic) bond motifs is 1. The molecule has 31 heavy (non-hydrogen) atoms. The van der Waals surface area contributed by atoms with Crippen LogP contribution >= 0.6 is 0 Å². The second-order valence-electron chi connectivity index (χ2n) is 8.63. The van der Waals surface area contributed by atoms with Crippen LogP contribution in [0.1, 0.15) is 32.5 Å². The van der Waals surface area contributed by atoms with Crippen molar-refractivity contribution in [2.24, 2.45) is 5.92 Å². The summed E-state index contributed by atoms with van der Waals surface area (Å²) in [6.45, 7) is 8.74. The highest BCUT2D eigenvalue weighted by Gasteiger charge is 2.23. The highest BCUT2D eigenvalue weighted by Crippen LogP contribution is 2.28. The fourth-order valence-electron chi connectivity index (χ4n) is 4.44. The van der Waals surface area contributed by atoms with Gasteiger partial charge in [0.15, 0.2) is 17.5 Å². The Morgan fingerprint density at radius 1 is 1.13 bits per heavy atom. The molecule has 1 aromatic heterocycles. The van der Waals surface area contributed by atoms with Gasteiger partial charge in [0.25, 0.3) is 5.56 Å². The van der Waals surface area contributed by atoms with Crippen molar-refractivity contribution in [3.8, 4) is 11.1 Å². The number of likely N-dealkylation sites (tertiary alicyclic amines) is 1. The van der Waals surface area contributed by atoms with Crippen molar-refractivity contribution in [2.45, 2.75) is 46.2 Å². The summed E-state index contributed by atoms with van der Waals surface area (Å²) in [4.78, 5) is 20.3. The van der Waals surface area contributed by atoms with Gasteiger partial charge < -0.3 is 4.90 Å². The zero-order valence-corrected chi connectivity index (χ0v) is 18.0. The molecule has 0 N–H and O–H groups in total. The van der Waals surface area contributed by atoms with E-state index in [4.69, 9.17) is 0 Å². The van der Waals surface area contributed by atoms with E-state index in [1.54, 1.807) is 16.7 Å². The van der Waals surface area contributed by atoms with E-state index < -0.39 is 17.5 Å². The zero-order valence-electron chi connectivity index (χ0n) is 18.0. The zero-order chi connectivity index (χ0) is 22.3. The summed E-state index contributed by atoms with van der Waals surface area (Å²) in [5.41, 5.74) is 0.515. The average Bonchev–Trinajstić information content (AvgIpc) is 2.75. The van der Waals surface area contributed by atoms with Crippen LogP contribution < -0.4 is 5.56 Å². The van der Waals surface area contributed by atoms with Crippen LogP contribution in [-0.2, 0) is 6.54 Å². The molecular weight excluding hydrogens is 403 g/mol. The molecular formula is C24H26F3N3O. The molecule has 1 atom stereocenters. The number of aryl methyl sites for hydroxylation is 1. The summed E-state index contributed by atoms with van der Waals surface area (Å²) < 4.78 is 43.0. The Kier molecular flexibility index (Phi) is 5.88. The van der Waals surface area contributed by atoms with E-state index in [1.165, 1.54) is 12.1 Å². The maximum Gasteiger partial charge on any atom is 0.261 e. The number of benzene rings is 2. The highest BCUT2D eigenvalue weighted by atomic mass is 19.2. The normalized spacial score (nSPS) is 17.6. The van der Waals surface area contributed by atoms with Gasteiger partial charge in [0, 0.05) is 24.7 Å². The van der Waals surface area contributed by atoms with Crippen molar-refractivity contribution in [1.29, 1.82) is 0 Å². The monoisotopic (exact) mass is 429 g/mol. The number of hydrogen-bond donors (Lipinski definition) is 0. The van der Waals surface area contributed by atoms with Crippen LogP contribution in [-0.4, -0.2) is 33.6 Å². The van der Waals surface area contributed by atoms with Crippen molar-refractivity contribution < 1.29 is 13.2 Å². The van der Waals surface area contributed by atoms with E-state index in [1.807, 2.05) is 6.92 Å². The summed E-state index contributed by atoms with van der Waals surface area (Å²) in [7, 11) is 0. The first kappa shape index (κ1) is 21.6. The van der Waals surface area contributed by atoms with Gasteiger partial charge in [-0.2, -0.15) is 0 Å². The van der Waals surface area contributed by atoms with E-state index in [0.717, 1.165) is 32.0 Å². The lowest BCUT2D eigenvalue weighted by atomic mass is 9.96. The molecule has 7 heteroatoms. The molecule has 164 valence electrons. The molecule has 1 fully saturated rings. The molecule has 3 aromatic rings. The van der Waals surface area contributed by atoms with Crippen LogP contribution in [0, 0.1) is 30.3 Å². The number of rotatable bonds is 4. The molecule has 0 unspecified atom stereocenters. The fourth-order valence-corrected chi connectivity index (χ4v) is 4.44. The predicted octanol–water partition coefficient (Wildman–Crippen LogP) is 4.91. The second kappa shape index (κ2) is 8.46. The van der Waals surface area contributed by atoms with Crippen molar-refractivity contribution in [3.63, 3.8) is 0 Å². The quantitative estimate of drug-likeness (QED) is 0.553. The van der Waals surface area contributed by atoms with Crippen LogP contribution in [0.5, 0.6) is 0 Å². The maximum atomic E-state index is 14.3. The van der Waals surface area contributed by atoms with Crippen LogP contribution in [0.15, 0.2) is 35.1 Å². The number of hydrogen-bond acceptors (Lipinski definition) is 3. The van der Waals surface area contributed by atoms with Crippen LogP contribution in [0.3, 0.4) is 0 Å². The third kappa shape index (κ3) is 4.11. The van der Waals surface area contributed by atoms with Gasteiger partial charge in [0.05, 0.1) is 10.9 Å². The Labute approximate surface area is 179 Å². The van der Waals surface area contributed by atoms with Gasteiger partial charge in [0.1, 0.15) is 5.82 Å². The third-order valence-corrected chi connectivity index (χ3v) is 6.21. The van der Waals surface area contributed by atoms with Crippen molar-refractivity contribution >= 4 is 10.9 Å². The topological polar surface area (TPSA) is 38.1 Å². The van der Waals surface area contributed by atoms with Gasteiger partial charge in [-0.15, -0.1) is 0 Å². The molecule has 1 saturated heterocycles. The third-order valence-electron chi connectivity index (χ3n) is 6.21. The summed E-state index contributed by atoms with van der Waals surface area (Å²) >= 11 is 0. The van der Waals surface area contributed by atoms with Crippen molar-refractivity contribution in [3.05, 3.63) is 64.0 Å². The van der Waals surface area contributed by atoms with Gasteiger partial charge in [-0.25, -0.2) is 18.2 Å². The number of aromatic nitrogens is 2. The fraction of sp³-hybridized carbons (Fsp3) is 0.417. The lowest BCUT2D eigenvalue weighted by Crippen LogP contribution is -2.42. The molecule has 0 spiro atoms. The lowest BCUT2D eigenvalue weighted by molar-refractivity contribution is 0.129. The minimum atomic E-state index is -1.52. The highest BCUT2D eigenvalue weighted by molar-refractivity contribution is 5.84. The Morgan fingerprint density at radius 2 is 1.90 bits per heavy atom. The first-order chi connectivity index (χ1) is 14.8. The largest absolute Gasteiger partial charge is 0.301 e. The van der Waals surface area contributed by atoms with Crippen LogP contribution in [0.4, 0.5) is 13.2 Å². The predicted molar refractivity (Wildman–Crippen MR) is 115 cm³/mol. The summed E-state index contributed by atoms with van der Waals surface area (Å²) in [5, 5.41) is 0.337. The lowest BCUT2D eigenvalue weighted by Gasteiger charge is -2.35. The molecule has 0 bridgehead atoms. The molecule has 0 saturated carbocycles. The Hall–Kier alpha value is -2.67. The second-order valence-corrected chi connectivity index (χ2v) is 8.63. The van der Waals surface area contributed by atoms with E-state index in [-0.39, 0.29) is 11.1 Å². The van der Waals surface area contributed by atoms with E-state index in [2.05, 4.69) is 23.7 Å². The molecule has 1 aliphatic heterocycles. The van der Waals surface area contributed by atoms with Crippen LogP contribution in [0.25, 0.3) is 22.0 Å². The van der Waals surface area contributed by atoms with Gasteiger partial charge >= 0.3 is 0 Å². The molecule has 0 amide bonds. The van der Waals surface area contributed by atoms with E-state index in [9.17, 15) is 18.0 Å². The summed E-state index contributed by atoms with van der Waals surface area (Å²) in [6, 6.07) is 7.22. The number of nitrogens with zero attached hydrogens (tertiary/aromatic N) is 3. The smallest absolute Gasteiger partial charge is 0.261 e. The molecule has 4 nitrogen and oxygen atoms in total. The van der Waals surface area contributed by atoms with Gasteiger partial charge in [-0.3, -0.25) is 9.36 Å². The minimum absolute atomic E-state index is 0.0906. The Morgan fingerprint density at radius 3 is 2.65 bits per heavy atom. The Balaban J connectivity index is 1.73. The van der Waals surface area contributed by atoms with Gasteiger partial charge in [-0.1, -0.05) is 6.07 Å². The van der Waals surface area contributed by atoms with E-state index in [0.29, 0.717) is 40.8 Å². The number of piperidine rings is 1. The standard InChI is InChI=1S/C24H26F3N3O/c1-14(2)29-10-4-5-16(12-29)13-30-15(3)28-21-9-6-17(11-19(21)24(30)31)18-7-8-20(25)23(27)22(18)26/h6-9,11,14,16H,4-5,10,12-13H2,1-3H3/t16-/m0/s1.